The van der Waals surface area contributed by atoms with Crippen LogP contribution >= 0.6 is 0 Å². The highest BCUT2D eigenvalue weighted by Gasteiger charge is 2.43. The van der Waals surface area contributed by atoms with Crippen molar-refractivity contribution in [1.82, 2.24) is 4.90 Å². The van der Waals surface area contributed by atoms with Gasteiger partial charge in [0.2, 0.25) is 11.7 Å². The lowest BCUT2D eigenvalue weighted by atomic mass is 9.77. The van der Waals surface area contributed by atoms with Gasteiger partial charge in [-0.25, -0.2) is 0 Å². The molecular formula is C42H65NO8. The van der Waals surface area contributed by atoms with Crippen molar-refractivity contribution in [2.24, 2.45) is 23.2 Å². The average Bonchev–Trinajstić information content (AvgIpc) is 3.56. The van der Waals surface area contributed by atoms with Crippen LogP contribution in [0, 0.1) is 23.2 Å². The van der Waals surface area contributed by atoms with Gasteiger partial charge in [-0.05, 0) is 44.1 Å². The zero-order valence-electron chi connectivity index (χ0n) is 33.0. The molecule has 2 unspecified atom stereocenters. The lowest BCUT2D eigenvalue weighted by Crippen LogP contribution is -2.47. The van der Waals surface area contributed by atoms with E-state index in [0.29, 0.717) is 32.2 Å². The Morgan fingerprint density at radius 2 is 1.47 bits per heavy atom. The van der Waals surface area contributed by atoms with Gasteiger partial charge in [0.15, 0.2) is 11.6 Å². The molecule has 0 N–H and O–H groups in total. The highest BCUT2D eigenvalue weighted by atomic mass is 16.5. The second kappa shape index (κ2) is 22.4. The first-order chi connectivity index (χ1) is 23.9. The zero-order chi connectivity index (χ0) is 38.9. The van der Waals surface area contributed by atoms with Gasteiger partial charge < -0.3 is 9.64 Å². The van der Waals surface area contributed by atoms with Crippen molar-refractivity contribution < 1.29 is 38.3 Å². The van der Waals surface area contributed by atoms with Crippen LogP contribution in [-0.2, 0) is 38.3 Å². The normalized spacial score (nSPS) is 16.2. The molecular weight excluding hydrogens is 646 g/mol. The van der Waals surface area contributed by atoms with Crippen LogP contribution in [0.4, 0.5) is 0 Å². The molecule has 1 aliphatic rings. The molecule has 0 bridgehead atoms. The quantitative estimate of drug-likeness (QED) is 0.0981. The van der Waals surface area contributed by atoms with Crippen molar-refractivity contribution in [3.8, 4) is 0 Å². The van der Waals surface area contributed by atoms with Crippen molar-refractivity contribution in [2.75, 3.05) is 6.54 Å². The van der Waals surface area contributed by atoms with Crippen LogP contribution in [0.2, 0.25) is 0 Å². The summed E-state index contributed by atoms with van der Waals surface area (Å²) < 4.78 is 5.31. The second-order valence-electron chi connectivity index (χ2n) is 15.6. The minimum atomic E-state index is -0.836. The topological polar surface area (TPSA) is 132 Å². The Morgan fingerprint density at radius 3 is 2.00 bits per heavy atom. The Hall–Kier alpha value is -3.49. The molecule has 1 heterocycles. The van der Waals surface area contributed by atoms with Crippen LogP contribution in [0.1, 0.15) is 151 Å². The second-order valence-corrected chi connectivity index (χ2v) is 15.6. The van der Waals surface area contributed by atoms with Gasteiger partial charge in [0.05, 0.1) is 24.5 Å². The van der Waals surface area contributed by atoms with Gasteiger partial charge in [-0.1, -0.05) is 105 Å². The van der Waals surface area contributed by atoms with E-state index >= 15 is 0 Å². The molecule has 1 amide bonds. The summed E-state index contributed by atoms with van der Waals surface area (Å²) in [6.45, 7) is 19.3. The van der Waals surface area contributed by atoms with Crippen LogP contribution in [-0.4, -0.2) is 64.4 Å². The number of Topliss-reactive ketones (excluding diaryl/α,β-unsaturated/α-hetero) is 5. The van der Waals surface area contributed by atoms with E-state index in [4.69, 9.17) is 4.74 Å². The summed E-state index contributed by atoms with van der Waals surface area (Å²) in [5, 5.41) is 0. The van der Waals surface area contributed by atoms with Gasteiger partial charge in [-0.3, -0.25) is 33.6 Å². The zero-order valence-corrected chi connectivity index (χ0v) is 33.0. The Bertz CT molecular complexity index is 1310. The fraction of sp³-hybridized carbons (Fsp3) is 0.690. The number of rotatable bonds is 20. The molecule has 9 heteroatoms. The number of hydrogen-bond acceptors (Lipinski definition) is 8. The highest BCUT2D eigenvalue weighted by Crippen LogP contribution is 2.34. The number of ketones is 5. The third kappa shape index (κ3) is 15.3. The van der Waals surface area contributed by atoms with Crippen LogP contribution in [0.5, 0.6) is 0 Å². The fourth-order valence-corrected chi connectivity index (χ4v) is 6.37. The first-order valence-corrected chi connectivity index (χ1v) is 19.1. The number of nitrogens with zero attached hydrogens (tertiary/aromatic N) is 1. The Morgan fingerprint density at radius 1 is 0.863 bits per heavy atom. The third-order valence-corrected chi connectivity index (χ3v) is 9.17. The molecule has 1 saturated heterocycles. The smallest absolute Gasteiger partial charge is 0.306 e. The lowest BCUT2D eigenvalue weighted by molar-refractivity contribution is -0.155. The molecule has 0 saturated carbocycles. The van der Waals surface area contributed by atoms with Crippen molar-refractivity contribution in [3.05, 3.63) is 35.9 Å². The molecule has 1 fully saturated rings. The standard InChI is InChI=1S/C39H57NO8.C3H8/c1-9-10-15-28(37(46)33(42)20-19-29(41)23-30(36(45)25(2)3)27-16-12-11-13-17-27)22-34(43)32-18-14-21-40(32)38(47)31(39(6,7)8)24-35(44)48-26(4)5;1-3-2/h11-13,16-17,25-26,28,30-32H,9-10,14-15,18-24H2,1-8H3;3H2,1-2H3/t28?,30-,31+,32?;/m0./s1. The van der Waals surface area contributed by atoms with Gasteiger partial charge in [0.1, 0.15) is 11.6 Å². The molecule has 9 nitrogen and oxygen atoms in total. The third-order valence-electron chi connectivity index (χ3n) is 9.17. The number of ether oxygens (including phenoxy) is 1. The van der Waals surface area contributed by atoms with E-state index in [9.17, 15) is 33.6 Å². The molecule has 0 aliphatic carbocycles. The van der Waals surface area contributed by atoms with Crippen molar-refractivity contribution in [1.29, 1.82) is 0 Å². The van der Waals surface area contributed by atoms with Crippen LogP contribution in [0.15, 0.2) is 30.3 Å². The van der Waals surface area contributed by atoms with E-state index in [0.717, 1.165) is 12.0 Å². The summed E-state index contributed by atoms with van der Waals surface area (Å²) in [6.07, 6.45) is 3.02. The van der Waals surface area contributed by atoms with E-state index in [1.165, 1.54) is 6.42 Å². The summed E-state index contributed by atoms with van der Waals surface area (Å²) in [7, 11) is 0. The summed E-state index contributed by atoms with van der Waals surface area (Å²) in [4.78, 5) is 94.0. The van der Waals surface area contributed by atoms with Gasteiger partial charge in [-0.2, -0.15) is 0 Å². The van der Waals surface area contributed by atoms with Crippen molar-refractivity contribution in [3.63, 3.8) is 0 Å². The maximum absolute atomic E-state index is 13.8. The summed E-state index contributed by atoms with van der Waals surface area (Å²) in [5.41, 5.74) is 0.185. The fourth-order valence-electron chi connectivity index (χ4n) is 6.37. The van der Waals surface area contributed by atoms with Crippen LogP contribution in [0.3, 0.4) is 0 Å². The molecule has 0 spiro atoms. The van der Waals surface area contributed by atoms with Gasteiger partial charge in [0, 0.05) is 50.0 Å². The number of unbranched alkanes of at least 4 members (excludes halogenated alkanes) is 1. The number of esters is 1. The minimum Gasteiger partial charge on any atom is -0.463 e. The maximum Gasteiger partial charge on any atom is 0.306 e. The Labute approximate surface area is 307 Å². The molecule has 1 aliphatic heterocycles. The number of hydrogen-bond donors (Lipinski definition) is 0. The van der Waals surface area contributed by atoms with Crippen molar-refractivity contribution in [2.45, 2.75) is 158 Å². The molecule has 1 aromatic carbocycles. The first kappa shape index (κ1) is 45.5. The Kier molecular flexibility index (Phi) is 20.0. The molecule has 0 radical (unpaired) electrons. The average molecular weight is 712 g/mol. The van der Waals surface area contributed by atoms with E-state index in [1.54, 1.807) is 32.6 Å². The molecule has 4 atom stereocenters. The largest absolute Gasteiger partial charge is 0.463 e. The Balaban J connectivity index is 0.00000418. The molecule has 0 aromatic heterocycles. The lowest BCUT2D eigenvalue weighted by Gasteiger charge is -2.35. The monoisotopic (exact) mass is 711 g/mol. The maximum atomic E-state index is 13.8. The first-order valence-electron chi connectivity index (χ1n) is 19.1. The number of carbonyl (C=O) groups is 7. The number of likely N-dealkylation sites (tertiary alicyclic amines) is 1. The van der Waals surface area contributed by atoms with Crippen LogP contribution < -0.4 is 0 Å². The van der Waals surface area contributed by atoms with E-state index in [2.05, 4.69) is 13.8 Å². The van der Waals surface area contributed by atoms with Gasteiger partial charge in [-0.15, -0.1) is 0 Å². The predicted molar refractivity (Wildman–Crippen MR) is 200 cm³/mol. The SMILES string of the molecule is CCC.CCCCC(CC(=O)C1CCCN1C(=O)[C@@H](CC(=O)OC(C)C)C(C)(C)C)C(=O)C(=O)CCC(=O)C[C@H](C(=O)C(C)C)c1ccccc1. The van der Waals surface area contributed by atoms with E-state index in [-0.39, 0.29) is 67.4 Å². The molecule has 1 aromatic rings. The summed E-state index contributed by atoms with van der Waals surface area (Å²) in [6, 6.07) is 8.35. The number of carbonyl (C=O) groups excluding carboxylic acids is 7. The van der Waals surface area contributed by atoms with E-state index < -0.39 is 46.7 Å². The van der Waals surface area contributed by atoms with E-state index in [1.807, 2.05) is 58.0 Å². The number of amides is 1. The molecule has 2 rings (SSSR count). The van der Waals surface area contributed by atoms with Gasteiger partial charge >= 0.3 is 5.97 Å². The molecule has 51 heavy (non-hydrogen) atoms. The molecule has 286 valence electrons. The van der Waals surface area contributed by atoms with Gasteiger partial charge in [0.25, 0.3) is 0 Å². The summed E-state index contributed by atoms with van der Waals surface area (Å²) >= 11 is 0. The predicted octanol–water partition coefficient (Wildman–Crippen LogP) is 8.05. The highest BCUT2D eigenvalue weighted by molar-refractivity contribution is 6.38. The summed E-state index contributed by atoms with van der Waals surface area (Å²) in [5.74, 6) is -5.12. The van der Waals surface area contributed by atoms with Crippen LogP contribution in [0.25, 0.3) is 0 Å². The number of benzene rings is 1. The van der Waals surface area contributed by atoms with Crippen molar-refractivity contribution >= 4 is 40.8 Å². The minimum absolute atomic E-state index is 0.0451.